The van der Waals surface area contributed by atoms with Crippen molar-refractivity contribution in [2.75, 3.05) is 13.2 Å². The van der Waals surface area contributed by atoms with Gasteiger partial charge in [0.05, 0.1) is 13.2 Å². The molecule has 3 rings (SSSR count). The zero-order valence-electron chi connectivity index (χ0n) is 26.9. The first-order valence-corrected chi connectivity index (χ1v) is 15.3. The predicted molar refractivity (Wildman–Crippen MR) is 172 cm³/mol. The van der Waals surface area contributed by atoms with Crippen LogP contribution in [0, 0.1) is 0 Å². The first-order valence-electron chi connectivity index (χ1n) is 15.3. The van der Waals surface area contributed by atoms with E-state index in [4.69, 9.17) is 18.9 Å². The van der Waals surface area contributed by atoms with Gasteiger partial charge in [-0.05, 0) is 91.8 Å². The van der Waals surface area contributed by atoms with Crippen LogP contribution in [0.25, 0.3) is 6.08 Å². The molecule has 0 amide bonds. The van der Waals surface area contributed by atoms with E-state index < -0.39 is 46.8 Å². The molecule has 0 unspecified atom stereocenters. The smallest absolute Gasteiger partial charge is 0.411 e. The second-order valence-electron chi connectivity index (χ2n) is 10.7. The van der Waals surface area contributed by atoms with Crippen LogP contribution in [0.1, 0.15) is 49.3 Å². The number of hydrogen-bond acceptors (Lipinski definition) is 7. The van der Waals surface area contributed by atoms with Gasteiger partial charge < -0.3 is 18.9 Å². The van der Waals surface area contributed by atoms with Gasteiger partial charge in [-0.1, -0.05) is 49.1 Å². The Morgan fingerprint density at radius 3 is 1.54 bits per heavy atom. The van der Waals surface area contributed by atoms with Crippen molar-refractivity contribution in [3.05, 3.63) is 120 Å². The van der Waals surface area contributed by atoms with Gasteiger partial charge in [-0.15, -0.1) is 0 Å². The third-order valence-corrected chi connectivity index (χ3v) is 7.18. The van der Waals surface area contributed by atoms with E-state index in [2.05, 4.69) is 6.58 Å². The van der Waals surface area contributed by atoms with Gasteiger partial charge in [0.25, 0.3) is 0 Å². The third-order valence-electron chi connectivity index (χ3n) is 7.18. The van der Waals surface area contributed by atoms with Gasteiger partial charge >= 0.3 is 30.3 Å². The summed E-state index contributed by atoms with van der Waals surface area (Å²) in [6, 6.07) is 12.4. The molecule has 0 saturated heterocycles. The quantitative estimate of drug-likeness (QED) is 0.0484. The number of esters is 3. The fourth-order valence-electron chi connectivity index (χ4n) is 4.78. The summed E-state index contributed by atoms with van der Waals surface area (Å²) in [4.78, 5) is 35.0. The van der Waals surface area contributed by atoms with E-state index in [1.807, 2.05) is 0 Å². The van der Waals surface area contributed by atoms with Crippen LogP contribution in [0.2, 0.25) is 0 Å². The third kappa shape index (κ3) is 10.6. The van der Waals surface area contributed by atoms with Crippen LogP contribution in [-0.4, -0.2) is 43.5 Å². The van der Waals surface area contributed by atoms with Crippen LogP contribution >= 0.6 is 0 Å². The highest BCUT2D eigenvalue weighted by molar-refractivity contribution is 5.88. The van der Waals surface area contributed by atoms with Gasteiger partial charge in [-0.3, -0.25) is 0 Å². The summed E-state index contributed by atoms with van der Waals surface area (Å²) in [5, 5.41) is 0. The van der Waals surface area contributed by atoms with E-state index in [9.17, 15) is 40.7 Å². The monoisotopic (exact) mass is 704 g/mol. The minimum atomic E-state index is -5.85. The highest BCUT2D eigenvalue weighted by Gasteiger charge is 2.72. The number of allylic oxidation sites excluding steroid dienone is 1. The summed E-state index contributed by atoms with van der Waals surface area (Å²) >= 11 is 0. The van der Waals surface area contributed by atoms with Crippen molar-refractivity contribution in [1.82, 2.24) is 0 Å². The summed E-state index contributed by atoms with van der Waals surface area (Å²) in [6.45, 7) is 5.66. The number of ether oxygens (including phenoxy) is 4. The van der Waals surface area contributed by atoms with E-state index in [-0.39, 0.29) is 11.5 Å². The molecule has 0 fully saturated rings. The van der Waals surface area contributed by atoms with Crippen molar-refractivity contribution in [2.45, 2.75) is 50.4 Å². The predicted octanol–water partition coefficient (Wildman–Crippen LogP) is 8.87. The molecule has 266 valence electrons. The van der Waals surface area contributed by atoms with Crippen molar-refractivity contribution in [3.63, 3.8) is 0 Å². The van der Waals surface area contributed by atoms with Crippen LogP contribution < -0.4 is 14.2 Å². The van der Waals surface area contributed by atoms with Gasteiger partial charge in [0.2, 0.25) is 5.41 Å². The maximum absolute atomic E-state index is 14.5. The molecule has 3 aromatic rings. The summed E-state index contributed by atoms with van der Waals surface area (Å²) in [5.74, 6) is -2.16. The van der Waals surface area contributed by atoms with E-state index >= 15 is 0 Å². The van der Waals surface area contributed by atoms with Gasteiger partial charge in [-0.25, -0.2) is 14.4 Å². The highest BCUT2D eigenvalue weighted by Crippen LogP contribution is 2.56. The van der Waals surface area contributed by atoms with Gasteiger partial charge in [0.15, 0.2) is 0 Å². The van der Waals surface area contributed by atoms with E-state index in [1.54, 1.807) is 24.3 Å². The molecule has 0 N–H and O–H groups in total. The van der Waals surface area contributed by atoms with Crippen molar-refractivity contribution in [2.24, 2.45) is 0 Å². The topological polar surface area (TPSA) is 88.1 Å². The molecule has 50 heavy (non-hydrogen) atoms. The molecule has 0 radical (unpaired) electrons. The molecule has 0 aliphatic rings. The van der Waals surface area contributed by atoms with Crippen molar-refractivity contribution < 1.29 is 59.7 Å². The first-order chi connectivity index (χ1) is 23.7. The summed E-state index contributed by atoms with van der Waals surface area (Å²) in [6.07, 6.45) is -2.45. The summed E-state index contributed by atoms with van der Waals surface area (Å²) < 4.78 is 107. The molecule has 0 bridgehead atoms. The molecule has 0 aliphatic carbocycles. The second kappa shape index (κ2) is 17.9. The molecule has 0 heterocycles. The van der Waals surface area contributed by atoms with Crippen LogP contribution in [0.4, 0.5) is 26.3 Å². The highest BCUT2D eigenvalue weighted by atomic mass is 19.4. The molecule has 0 atom stereocenters. The maximum atomic E-state index is 14.5. The number of unbranched alkanes of at least 4 members (excludes halogenated alkanes) is 3. The van der Waals surface area contributed by atoms with Crippen LogP contribution in [0.5, 0.6) is 17.2 Å². The number of carbonyl (C=O) groups is 3. The molecule has 0 saturated carbocycles. The molecular weight excluding hydrogens is 670 g/mol. The van der Waals surface area contributed by atoms with E-state index in [0.29, 0.717) is 48.8 Å². The minimum absolute atomic E-state index is 0.250. The minimum Gasteiger partial charge on any atom is -0.494 e. The Kier molecular flexibility index (Phi) is 14.0. The Labute approximate surface area is 284 Å². The van der Waals surface area contributed by atoms with Gasteiger partial charge in [-0.2, -0.15) is 26.3 Å². The fraction of sp³-hybridized carbons (Fsp3) is 0.270. The molecular formula is C37H34F6O7. The molecule has 3 aromatic carbocycles. The second-order valence-corrected chi connectivity index (χ2v) is 10.7. The average Bonchev–Trinajstić information content (AvgIpc) is 3.06. The number of benzene rings is 3. The molecule has 13 heteroatoms. The SMILES string of the molecule is C=CC(=O)OCCCCCCOc1ccc(/C=C/C(=O)Oc2ccc(C(c3ccc(OC(=O)/C=C/C)cc3)(C(F)(F)F)C(F)(F)F)cc2)cc1. The largest absolute Gasteiger partial charge is 0.494 e. The molecule has 0 spiro atoms. The summed E-state index contributed by atoms with van der Waals surface area (Å²) in [7, 11) is 0. The average molecular weight is 705 g/mol. The van der Waals surface area contributed by atoms with Gasteiger partial charge in [0, 0.05) is 18.2 Å². The molecule has 7 nitrogen and oxygen atoms in total. The molecule has 0 aromatic heterocycles. The molecule has 0 aliphatic heterocycles. The Morgan fingerprint density at radius 1 is 0.620 bits per heavy atom. The Hall–Kier alpha value is -5.33. The Morgan fingerprint density at radius 2 is 1.08 bits per heavy atom. The Bertz CT molecular complexity index is 1630. The van der Waals surface area contributed by atoms with Crippen LogP contribution in [-0.2, 0) is 24.5 Å². The zero-order valence-corrected chi connectivity index (χ0v) is 26.9. The number of rotatable bonds is 16. The maximum Gasteiger partial charge on any atom is 0.411 e. The number of halogens is 6. The Balaban J connectivity index is 1.62. The summed E-state index contributed by atoms with van der Waals surface area (Å²) in [5.41, 5.74) is -6.18. The lowest BCUT2D eigenvalue weighted by atomic mass is 9.73. The van der Waals surface area contributed by atoms with Crippen molar-refractivity contribution in [3.8, 4) is 17.2 Å². The lowest BCUT2D eigenvalue weighted by Gasteiger charge is -2.38. The van der Waals surface area contributed by atoms with Crippen LogP contribution in [0.15, 0.2) is 104 Å². The number of carbonyl (C=O) groups excluding carboxylic acids is 3. The normalized spacial score (nSPS) is 12.1. The lowest BCUT2D eigenvalue weighted by Crippen LogP contribution is -2.54. The number of alkyl halides is 6. The first kappa shape index (κ1) is 39.1. The lowest BCUT2D eigenvalue weighted by molar-refractivity contribution is -0.288. The fourth-order valence-corrected chi connectivity index (χ4v) is 4.78. The van der Waals surface area contributed by atoms with Gasteiger partial charge in [0.1, 0.15) is 17.2 Å². The zero-order chi connectivity index (χ0) is 36.8. The van der Waals surface area contributed by atoms with E-state index in [1.165, 1.54) is 19.1 Å². The standard InChI is InChI=1S/C37H34F6O7/c1-3-9-33(45)49-30-19-13-27(14-20-30)35(36(38,39)40,37(41,42)43)28-15-21-31(22-16-28)50-34(46)23-12-26-10-17-29(18-11-26)47-24-7-5-6-8-25-48-32(44)4-2/h3-4,9-23H,2,5-8,24-25H2,1H3/b9-3+,23-12+. The number of hydrogen-bond donors (Lipinski definition) is 0. The van der Waals surface area contributed by atoms with Crippen LogP contribution in [0.3, 0.4) is 0 Å². The van der Waals surface area contributed by atoms with Crippen molar-refractivity contribution >= 4 is 24.0 Å². The van der Waals surface area contributed by atoms with E-state index in [0.717, 1.165) is 68.2 Å². The van der Waals surface area contributed by atoms with Crippen molar-refractivity contribution in [1.29, 1.82) is 0 Å².